The number of benzene rings is 1. The lowest BCUT2D eigenvalue weighted by Gasteiger charge is -2.33. The summed E-state index contributed by atoms with van der Waals surface area (Å²) in [7, 11) is 0. The maximum atomic E-state index is 13.2. The molecule has 0 spiro atoms. The number of fused-ring (bicyclic) bond motifs is 5. The molecule has 2 aliphatic carbocycles. The van der Waals surface area contributed by atoms with Crippen LogP contribution < -0.4 is 0 Å². The molecule has 1 heterocycles. The number of halogens is 2. The third-order valence-electron chi connectivity index (χ3n) is 6.15. The van der Waals surface area contributed by atoms with Crippen LogP contribution in [0.3, 0.4) is 0 Å². The lowest BCUT2D eigenvalue weighted by Crippen LogP contribution is -2.32. The minimum Gasteiger partial charge on any atom is -0.207 e. The van der Waals surface area contributed by atoms with Gasteiger partial charge in [-0.1, -0.05) is 32.4 Å². The minimum atomic E-state index is -0.337. The first-order chi connectivity index (χ1) is 10.3. The molecule has 2 bridgehead atoms. The molecule has 4 heteroatoms. The first-order valence-electron chi connectivity index (χ1n) is 7.68. The van der Waals surface area contributed by atoms with Crippen molar-refractivity contribution >= 4 is 11.6 Å². The van der Waals surface area contributed by atoms with E-state index in [0.717, 1.165) is 17.0 Å². The standard InChI is InChI=1S/C18H18ClFN2/c1-17(2)13-6-7-18(17,3)16-12(13)9-15(21-22-16)11-5-4-10(20)8-14(11)19/h4-5,8-9,13H,6-7H2,1-3H3/t13-,18+/m0/s1. The molecule has 2 aliphatic rings. The normalized spacial score (nSPS) is 28.0. The lowest BCUT2D eigenvalue weighted by molar-refractivity contribution is 0.226. The van der Waals surface area contributed by atoms with Crippen LogP contribution in [0.5, 0.6) is 0 Å². The summed E-state index contributed by atoms with van der Waals surface area (Å²) in [5.41, 5.74) is 4.21. The Bertz CT molecular complexity index is 787. The topological polar surface area (TPSA) is 25.8 Å². The third kappa shape index (κ3) is 1.60. The average Bonchev–Trinajstić information content (AvgIpc) is 2.78. The fraction of sp³-hybridized carbons (Fsp3) is 0.444. The second-order valence-corrected chi connectivity index (χ2v) is 7.71. The highest BCUT2D eigenvalue weighted by molar-refractivity contribution is 6.33. The van der Waals surface area contributed by atoms with Gasteiger partial charge >= 0.3 is 0 Å². The van der Waals surface area contributed by atoms with E-state index in [1.165, 1.54) is 30.5 Å². The van der Waals surface area contributed by atoms with Gasteiger partial charge in [0.15, 0.2) is 0 Å². The van der Waals surface area contributed by atoms with Crippen LogP contribution in [0.15, 0.2) is 24.3 Å². The monoisotopic (exact) mass is 316 g/mol. The van der Waals surface area contributed by atoms with Crippen LogP contribution in [-0.4, -0.2) is 10.2 Å². The van der Waals surface area contributed by atoms with E-state index in [0.29, 0.717) is 10.9 Å². The maximum Gasteiger partial charge on any atom is 0.124 e. The molecular weight excluding hydrogens is 299 g/mol. The van der Waals surface area contributed by atoms with Gasteiger partial charge in [-0.25, -0.2) is 4.39 Å². The smallest absolute Gasteiger partial charge is 0.124 e. The average molecular weight is 317 g/mol. The minimum absolute atomic E-state index is 0.102. The van der Waals surface area contributed by atoms with Gasteiger partial charge in [-0.05, 0) is 54.0 Å². The summed E-state index contributed by atoms with van der Waals surface area (Å²) in [6.07, 6.45) is 2.36. The van der Waals surface area contributed by atoms with E-state index in [1.807, 2.05) is 0 Å². The number of aromatic nitrogens is 2. The lowest BCUT2D eigenvalue weighted by atomic mass is 9.70. The van der Waals surface area contributed by atoms with Gasteiger partial charge in [-0.2, -0.15) is 10.2 Å². The molecule has 4 rings (SSSR count). The summed E-state index contributed by atoms with van der Waals surface area (Å²) >= 11 is 6.17. The van der Waals surface area contributed by atoms with Crippen LogP contribution in [0.25, 0.3) is 11.3 Å². The van der Waals surface area contributed by atoms with Crippen molar-refractivity contribution in [2.24, 2.45) is 5.41 Å². The van der Waals surface area contributed by atoms with E-state index < -0.39 is 0 Å². The molecule has 0 saturated heterocycles. The van der Waals surface area contributed by atoms with Gasteiger partial charge in [0.25, 0.3) is 0 Å². The largest absolute Gasteiger partial charge is 0.207 e. The number of nitrogens with zero attached hydrogens (tertiary/aromatic N) is 2. The molecule has 2 atom stereocenters. The molecule has 0 amide bonds. The van der Waals surface area contributed by atoms with Crippen LogP contribution in [0.2, 0.25) is 5.02 Å². The molecule has 22 heavy (non-hydrogen) atoms. The molecule has 1 fully saturated rings. The van der Waals surface area contributed by atoms with Crippen LogP contribution in [0.1, 0.15) is 50.8 Å². The summed E-state index contributed by atoms with van der Waals surface area (Å²) in [6, 6.07) is 6.52. The first kappa shape index (κ1) is 14.1. The third-order valence-corrected chi connectivity index (χ3v) is 6.47. The zero-order valence-electron chi connectivity index (χ0n) is 13.0. The van der Waals surface area contributed by atoms with E-state index in [9.17, 15) is 4.39 Å². The molecule has 0 unspecified atom stereocenters. The fourth-order valence-electron chi connectivity index (χ4n) is 4.40. The number of hydrogen-bond donors (Lipinski definition) is 0. The summed E-state index contributed by atoms with van der Waals surface area (Å²) in [6.45, 7) is 6.96. The Kier molecular flexibility index (Phi) is 2.75. The Labute approximate surface area is 134 Å². The SMILES string of the molecule is CC1(C)[C@H]2CC[C@]1(C)c1nnc(-c3ccc(F)cc3Cl)cc12. The van der Waals surface area contributed by atoms with Crippen LogP contribution in [-0.2, 0) is 5.41 Å². The summed E-state index contributed by atoms with van der Waals surface area (Å²) in [4.78, 5) is 0. The molecule has 2 aromatic rings. The molecule has 2 nitrogen and oxygen atoms in total. The summed E-state index contributed by atoms with van der Waals surface area (Å²) < 4.78 is 13.2. The van der Waals surface area contributed by atoms with Gasteiger partial charge in [-0.3, -0.25) is 0 Å². The molecule has 0 aliphatic heterocycles. The second kappa shape index (κ2) is 4.29. The highest BCUT2D eigenvalue weighted by Crippen LogP contribution is 2.67. The fourth-order valence-corrected chi connectivity index (χ4v) is 4.66. The predicted octanol–water partition coefficient (Wildman–Crippen LogP) is 5.11. The van der Waals surface area contributed by atoms with Crippen LogP contribution in [0, 0.1) is 11.2 Å². The molecule has 114 valence electrons. The molecule has 0 N–H and O–H groups in total. The van der Waals surface area contributed by atoms with E-state index in [-0.39, 0.29) is 16.6 Å². The summed E-state index contributed by atoms with van der Waals surface area (Å²) in [5.74, 6) is 0.177. The Morgan fingerprint density at radius 2 is 1.95 bits per heavy atom. The van der Waals surface area contributed by atoms with E-state index in [2.05, 4.69) is 37.0 Å². The van der Waals surface area contributed by atoms with Gasteiger partial charge in [0, 0.05) is 11.0 Å². The Hall–Kier alpha value is -1.48. The zero-order chi connectivity index (χ0) is 15.7. The van der Waals surface area contributed by atoms with Crippen molar-refractivity contribution in [1.29, 1.82) is 0 Å². The number of hydrogen-bond acceptors (Lipinski definition) is 2. The van der Waals surface area contributed by atoms with Crippen LogP contribution in [0.4, 0.5) is 4.39 Å². The molecular formula is C18H18ClFN2. The molecule has 1 aromatic carbocycles. The van der Waals surface area contributed by atoms with Crippen LogP contribution >= 0.6 is 11.6 Å². The van der Waals surface area contributed by atoms with E-state index in [4.69, 9.17) is 11.6 Å². The van der Waals surface area contributed by atoms with Gasteiger partial charge in [0.2, 0.25) is 0 Å². The van der Waals surface area contributed by atoms with E-state index >= 15 is 0 Å². The summed E-state index contributed by atoms with van der Waals surface area (Å²) in [5, 5.41) is 9.31. The quantitative estimate of drug-likeness (QED) is 0.730. The van der Waals surface area contributed by atoms with Crippen molar-refractivity contribution in [3.8, 4) is 11.3 Å². The molecule has 1 aromatic heterocycles. The molecule has 0 radical (unpaired) electrons. The zero-order valence-corrected chi connectivity index (χ0v) is 13.7. The first-order valence-corrected chi connectivity index (χ1v) is 8.06. The van der Waals surface area contributed by atoms with Gasteiger partial charge in [-0.15, -0.1) is 0 Å². The maximum absolute atomic E-state index is 13.2. The van der Waals surface area contributed by atoms with Gasteiger partial charge in [0.1, 0.15) is 5.82 Å². The van der Waals surface area contributed by atoms with Crippen molar-refractivity contribution in [2.75, 3.05) is 0 Å². The van der Waals surface area contributed by atoms with Gasteiger partial charge in [0.05, 0.1) is 16.4 Å². The highest BCUT2D eigenvalue weighted by Gasteiger charge is 2.60. The van der Waals surface area contributed by atoms with Crippen molar-refractivity contribution in [2.45, 2.75) is 44.9 Å². The van der Waals surface area contributed by atoms with E-state index in [1.54, 1.807) is 6.07 Å². The Morgan fingerprint density at radius 3 is 2.68 bits per heavy atom. The van der Waals surface area contributed by atoms with Crippen molar-refractivity contribution in [3.63, 3.8) is 0 Å². The molecule has 1 saturated carbocycles. The Balaban J connectivity index is 1.87. The highest BCUT2D eigenvalue weighted by atomic mass is 35.5. The number of rotatable bonds is 1. The van der Waals surface area contributed by atoms with Gasteiger partial charge < -0.3 is 0 Å². The second-order valence-electron chi connectivity index (χ2n) is 7.30. The van der Waals surface area contributed by atoms with Crippen molar-refractivity contribution in [1.82, 2.24) is 10.2 Å². The van der Waals surface area contributed by atoms with Crippen molar-refractivity contribution in [3.05, 3.63) is 46.4 Å². The predicted molar refractivity (Wildman–Crippen MR) is 85.5 cm³/mol. The Morgan fingerprint density at radius 1 is 1.18 bits per heavy atom. The van der Waals surface area contributed by atoms with Crippen molar-refractivity contribution < 1.29 is 4.39 Å².